The van der Waals surface area contributed by atoms with E-state index >= 15 is 0 Å². The average Bonchev–Trinajstić information content (AvgIpc) is 3.01. The average molecular weight is 350 g/mol. The Morgan fingerprint density at radius 3 is 2.65 bits per heavy atom. The van der Waals surface area contributed by atoms with Crippen molar-refractivity contribution in [3.05, 3.63) is 71.5 Å². The Morgan fingerprint density at radius 2 is 1.88 bits per heavy atom. The van der Waals surface area contributed by atoms with Crippen LogP contribution in [0.1, 0.15) is 21.7 Å². The van der Waals surface area contributed by atoms with Crippen molar-refractivity contribution in [1.82, 2.24) is 10.9 Å². The molecule has 0 spiro atoms. The summed E-state index contributed by atoms with van der Waals surface area (Å²) in [7, 11) is 1.57. The van der Waals surface area contributed by atoms with Gasteiger partial charge in [0.15, 0.2) is 5.76 Å². The molecule has 0 atom stereocenters. The molecule has 0 unspecified atom stereocenters. The zero-order chi connectivity index (χ0) is 18.5. The number of para-hydroxylation sites is 1. The van der Waals surface area contributed by atoms with Gasteiger partial charge in [0.25, 0.3) is 5.91 Å². The number of ether oxygens (including phenoxy) is 1. The van der Waals surface area contributed by atoms with Gasteiger partial charge in [0.1, 0.15) is 11.3 Å². The summed E-state index contributed by atoms with van der Waals surface area (Å²) < 4.78 is 10.7. The van der Waals surface area contributed by atoms with Gasteiger partial charge < -0.3 is 9.15 Å². The number of rotatable bonds is 4. The number of fused-ring (bicyclic) bond motifs is 1. The molecule has 2 N–H and O–H groups in total. The summed E-state index contributed by atoms with van der Waals surface area (Å²) in [5, 5.41) is 0.863. The third kappa shape index (κ3) is 3.75. The number of hydrogen-bond donors (Lipinski definition) is 2. The van der Waals surface area contributed by atoms with Gasteiger partial charge in [-0.25, -0.2) is 0 Å². The summed E-state index contributed by atoms with van der Waals surface area (Å²) in [6.45, 7) is 1.80. The lowest BCUT2D eigenvalue weighted by Crippen LogP contribution is -2.40. The van der Waals surface area contributed by atoms with Crippen molar-refractivity contribution in [3.63, 3.8) is 0 Å². The van der Waals surface area contributed by atoms with E-state index in [1.54, 1.807) is 32.2 Å². The molecule has 6 nitrogen and oxygen atoms in total. The number of hydrazine groups is 1. The number of benzene rings is 2. The second-order valence-electron chi connectivity index (χ2n) is 5.61. The Balaban J connectivity index is 1.62. The highest BCUT2D eigenvalue weighted by Crippen LogP contribution is 2.24. The smallest absolute Gasteiger partial charge is 0.305 e. The van der Waals surface area contributed by atoms with E-state index < -0.39 is 11.8 Å². The fourth-order valence-corrected chi connectivity index (χ4v) is 2.52. The van der Waals surface area contributed by atoms with Crippen LogP contribution in [-0.4, -0.2) is 18.9 Å². The van der Waals surface area contributed by atoms with Crippen molar-refractivity contribution in [1.29, 1.82) is 0 Å². The highest BCUT2D eigenvalue weighted by Gasteiger charge is 2.17. The molecule has 2 aromatic carbocycles. The quantitative estimate of drug-likeness (QED) is 0.559. The Labute approximate surface area is 150 Å². The van der Waals surface area contributed by atoms with Crippen molar-refractivity contribution in [3.8, 4) is 5.75 Å². The van der Waals surface area contributed by atoms with Crippen molar-refractivity contribution in [2.45, 2.75) is 6.92 Å². The van der Waals surface area contributed by atoms with Gasteiger partial charge in [-0.2, -0.15) is 0 Å². The summed E-state index contributed by atoms with van der Waals surface area (Å²) in [4.78, 5) is 24.1. The number of carbonyl (C=O) groups excluding carboxylic acids is 2. The van der Waals surface area contributed by atoms with Crippen LogP contribution in [0.15, 0.2) is 59.0 Å². The Hall–Kier alpha value is -3.54. The molecule has 0 aliphatic carbocycles. The molecule has 2 amide bonds. The Morgan fingerprint density at radius 1 is 1.08 bits per heavy atom. The fourth-order valence-electron chi connectivity index (χ4n) is 2.52. The largest absolute Gasteiger partial charge is 0.497 e. The molecule has 3 aromatic rings. The van der Waals surface area contributed by atoms with Crippen LogP contribution in [0.2, 0.25) is 0 Å². The van der Waals surface area contributed by atoms with Crippen LogP contribution in [0, 0.1) is 6.92 Å². The minimum atomic E-state index is -0.512. The maximum absolute atomic E-state index is 12.2. The first kappa shape index (κ1) is 17.3. The van der Waals surface area contributed by atoms with Crippen molar-refractivity contribution in [2.75, 3.05) is 7.11 Å². The third-order valence-electron chi connectivity index (χ3n) is 3.87. The van der Waals surface area contributed by atoms with Crippen LogP contribution < -0.4 is 15.6 Å². The van der Waals surface area contributed by atoms with Gasteiger partial charge in [-0.05, 0) is 36.8 Å². The van der Waals surface area contributed by atoms with Crippen molar-refractivity contribution in [2.24, 2.45) is 0 Å². The van der Waals surface area contributed by atoms with Gasteiger partial charge in [-0.1, -0.05) is 30.3 Å². The minimum absolute atomic E-state index is 0.170. The number of amides is 2. The van der Waals surface area contributed by atoms with Crippen LogP contribution in [-0.2, 0) is 4.79 Å². The second-order valence-corrected chi connectivity index (χ2v) is 5.61. The highest BCUT2D eigenvalue weighted by molar-refractivity contribution is 6.00. The van der Waals surface area contributed by atoms with Gasteiger partial charge in [0.2, 0.25) is 0 Å². The van der Waals surface area contributed by atoms with E-state index in [1.165, 1.54) is 6.08 Å². The Bertz CT molecular complexity index is 988. The van der Waals surface area contributed by atoms with E-state index in [9.17, 15) is 9.59 Å². The number of aryl methyl sites for hydroxylation is 1. The minimum Gasteiger partial charge on any atom is -0.497 e. The molecule has 1 aromatic heterocycles. The highest BCUT2D eigenvalue weighted by atomic mass is 16.5. The molecular weight excluding hydrogens is 332 g/mol. The van der Waals surface area contributed by atoms with E-state index in [-0.39, 0.29) is 5.76 Å². The van der Waals surface area contributed by atoms with Crippen LogP contribution in [0.5, 0.6) is 5.75 Å². The molecule has 0 radical (unpaired) electrons. The zero-order valence-corrected chi connectivity index (χ0v) is 14.4. The molecule has 0 saturated heterocycles. The first-order valence-corrected chi connectivity index (χ1v) is 7.99. The molecule has 6 heteroatoms. The topological polar surface area (TPSA) is 80.6 Å². The predicted molar refractivity (Wildman–Crippen MR) is 98.6 cm³/mol. The molecule has 0 bridgehead atoms. The number of carbonyl (C=O) groups is 2. The molecule has 1 heterocycles. The second kappa shape index (κ2) is 7.57. The predicted octanol–water partition coefficient (Wildman–Crippen LogP) is 3.22. The van der Waals surface area contributed by atoms with Gasteiger partial charge in [-0.15, -0.1) is 0 Å². The van der Waals surface area contributed by atoms with Gasteiger partial charge in [0, 0.05) is 17.0 Å². The molecule has 0 saturated carbocycles. The van der Waals surface area contributed by atoms with Crippen LogP contribution in [0.4, 0.5) is 0 Å². The first-order valence-electron chi connectivity index (χ1n) is 7.99. The molecular formula is C20H18N2O4. The maximum atomic E-state index is 12.2. The van der Waals surface area contributed by atoms with Gasteiger partial charge in [-0.3, -0.25) is 20.4 Å². The lowest BCUT2D eigenvalue weighted by atomic mass is 10.1. The normalized spacial score (nSPS) is 10.8. The lowest BCUT2D eigenvalue weighted by molar-refractivity contribution is -0.117. The molecule has 3 rings (SSSR count). The molecule has 0 aliphatic rings. The summed E-state index contributed by atoms with van der Waals surface area (Å²) in [6.07, 6.45) is 2.94. The van der Waals surface area contributed by atoms with E-state index in [2.05, 4.69) is 10.9 Å². The standard InChI is InChI=1S/C20H18N2O4/c1-13-16-8-3-4-9-17(16)26-19(13)20(24)22-21-18(23)11-10-14-6-5-7-15(12-14)25-2/h3-12H,1-2H3,(H,21,23)(H,22,24)/b11-10+. The number of furan rings is 1. The summed E-state index contributed by atoms with van der Waals surface area (Å²) in [5.41, 5.74) is 6.84. The Kier molecular flexibility index (Phi) is 5.03. The molecule has 132 valence electrons. The van der Waals surface area contributed by atoms with Crippen LogP contribution in [0.25, 0.3) is 17.0 Å². The van der Waals surface area contributed by atoms with Crippen LogP contribution >= 0.6 is 0 Å². The monoisotopic (exact) mass is 350 g/mol. The third-order valence-corrected chi connectivity index (χ3v) is 3.87. The van der Waals surface area contributed by atoms with Gasteiger partial charge in [0.05, 0.1) is 7.11 Å². The first-order chi connectivity index (χ1) is 12.6. The SMILES string of the molecule is COc1cccc(/C=C/C(=O)NNC(=O)c2oc3ccccc3c2C)c1. The summed E-state index contributed by atoms with van der Waals surface area (Å²) in [5.74, 6) is -0.110. The molecule has 0 fully saturated rings. The van der Waals surface area contributed by atoms with Gasteiger partial charge >= 0.3 is 5.91 Å². The summed E-state index contributed by atoms with van der Waals surface area (Å²) >= 11 is 0. The molecule has 0 aliphatic heterocycles. The lowest BCUT2D eigenvalue weighted by Gasteiger charge is -2.04. The maximum Gasteiger partial charge on any atom is 0.305 e. The number of hydrogen-bond acceptors (Lipinski definition) is 4. The summed E-state index contributed by atoms with van der Waals surface area (Å²) in [6, 6.07) is 14.6. The van der Waals surface area contributed by atoms with E-state index in [0.717, 1.165) is 16.5 Å². The van der Waals surface area contributed by atoms with Crippen molar-refractivity contribution >= 4 is 28.9 Å². The van der Waals surface area contributed by atoms with Crippen molar-refractivity contribution < 1.29 is 18.7 Å². The van der Waals surface area contributed by atoms with Crippen LogP contribution in [0.3, 0.4) is 0 Å². The fraction of sp³-hybridized carbons (Fsp3) is 0.100. The van der Waals surface area contributed by atoms with E-state index in [1.807, 2.05) is 36.4 Å². The van der Waals surface area contributed by atoms with E-state index in [0.29, 0.717) is 11.3 Å². The number of nitrogens with one attached hydrogen (secondary N) is 2. The molecule has 26 heavy (non-hydrogen) atoms. The number of methoxy groups -OCH3 is 1. The van der Waals surface area contributed by atoms with E-state index in [4.69, 9.17) is 9.15 Å². The zero-order valence-electron chi connectivity index (χ0n) is 14.4.